The van der Waals surface area contributed by atoms with E-state index in [4.69, 9.17) is 16.3 Å². The monoisotopic (exact) mass is 518 g/mol. The third kappa shape index (κ3) is 6.36. The van der Waals surface area contributed by atoms with Gasteiger partial charge in [0.15, 0.2) is 11.0 Å². The van der Waals surface area contributed by atoms with Crippen LogP contribution in [0.5, 0.6) is 5.75 Å². The Morgan fingerprint density at radius 2 is 1.92 bits per heavy atom. The summed E-state index contributed by atoms with van der Waals surface area (Å²) in [4.78, 5) is 12.7. The lowest BCUT2D eigenvalue weighted by Gasteiger charge is -2.17. The molecule has 4 aromatic rings. The van der Waals surface area contributed by atoms with Crippen molar-refractivity contribution in [2.24, 2.45) is 0 Å². The fraction of sp³-hybridized carbons (Fsp3) is 0.179. The molecule has 0 aliphatic heterocycles. The van der Waals surface area contributed by atoms with E-state index in [0.29, 0.717) is 21.8 Å². The SMILES string of the molecule is COc1cccc(CSc2nnc(C(C)NC(=O)C=Cc3ccccc3)n2-c2cc(Cl)ccc2C)c1. The van der Waals surface area contributed by atoms with Crippen molar-refractivity contribution in [3.8, 4) is 11.4 Å². The topological polar surface area (TPSA) is 69.0 Å². The van der Waals surface area contributed by atoms with Gasteiger partial charge >= 0.3 is 0 Å². The summed E-state index contributed by atoms with van der Waals surface area (Å²) < 4.78 is 7.32. The minimum Gasteiger partial charge on any atom is -0.497 e. The zero-order valence-electron chi connectivity index (χ0n) is 20.3. The molecule has 36 heavy (non-hydrogen) atoms. The summed E-state index contributed by atoms with van der Waals surface area (Å²) >= 11 is 7.91. The van der Waals surface area contributed by atoms with Gasteiger partial charge in [-0.05, 0) is 60.9 Å². The molecule has 0 radical (unpaired) electrons. The molecule has 1 aromatic heterocycles. The van der Waals surface area contributed by atoms with Gasteiger partial charge in [0, 0.05) is 16.9 Å². The lowest BCUT2D eigenvalue weighted by Crippen LogP contribution is -2.27. The van der Waals surface area contributed by atoms with Crippen LogP contribution in [0.15, 0.2) is 84.0 Å². The van der Waals surface area contributed by atoms with Gasteiger partial charge in [-0.25, -0.2) is 0 Å². The standard InChI is InChI=1S/C28H27ClN4O2S/c1-19-12-14-23(29)17-25(19)33-27(20(2)30-26(34)15-13-21-8-5-4-6-9-21)31-32-28(33)36-18-22-10-7-11-24(16-22)35-3/h4-17,20H,18H2,1-3H3,(H,30,34). The molecule has 0 spiro atoms. The Kier molecular flexibility index (Phi) is 8.46. The second-order valence-electron chi connectivity index (χ2n) is 8.22. The molecule has 184 valence electrons. The van der Waals surface area contributed by atoms with Crippen LogP contribution in [-0.2, 0) is 10.5 Å². The van der Waals surface area contributed by atoms with Crippen LogP contribution in [0.2, 0.25) is 5.02 Å². The number of methoxy groups -OCH3 is 1. The number of ether oxygens (including phenoxy) is 1. The quantitative estimate of drug-likeness (QED) is 0.204. The summed E-state index contributed by atoms with van der Waals surface area (Å²) in [5.41, 5.74) is 3.95. The maximum atomic E-state index is 12.7. The van der Waals surface area contributed by atoms with Crippen LogP contribution in [0.3, 0.4) is 0 Å². The summed E-state index contributed by atoms with van der Waals surface area (Å²) in [6, 6.07) is 22.9. The van der Waals surface area contributed by atoms with Crippen molar-refractivity contribution in [2.75, 3.05) is 7.11 Å². The second kappa shape index (κ2) is 11.9. The van der Waals surface area contributed by atoms with Crippen molar-refractivity contribution in [3.05, 3.63) is 106 Å². The fourth-order valence-electron chi connectivity index (χ4n) is 3.68. The van der Waals surface area contributed by atoms with Gasteiger partial charge in [-0.1, -0.05) is 71.9 Å². The van der Waals surface area contributed by atoms with E-state index in [1.807, 2.05) is 91.2 Å². The number of thioether (sulfide) groups is 1. The fourth-order valence-corrected chi connectivity index (χ4v) is 4.74. The average molecular weight is 519 g/mol. The molecule has 1 N–H and O–H groups in total. The van der Waals surface area contributed by atoms with E-state index in [0.717, 1.165) is 28.1 Å². The van der Waals surface area contributed by atoms with Gasteiger partial charge in [0.05, 0.1) is 18.8 Å². The van der Waals surface area contributed by atoms with Gasteiger partial charge in [-0.15, -0.1) is 10.2 Å². The molecule has 1 heterocycles. The number of hydrogen-bond acceptors (Lipinski definition) is 5. The Morgan fingerprint density at radius 3 is 2.69 bits per heavy atom. The van der Waals surface area contributed by atoms with Gasteiger partial charge in [0.2, 0.25) is 5.91 Å². The second-order valence-corrected chi connectivity index (χ2v) is 9.60. The van der Waals surface area contributed by atoms with Gasteiger partial charge < -0.3 is 10.1 Å². The van der Waals surface area contributed by atoms with Crippen molar-refractivity contribution >= 4 is 35.3 Å². The normalized spacial score (nSPS) is 12.0. The number of hydrogen-bond donors (Lipinski definition) is 1. The molecular weight excluding hydrogens is 492 g/mol. The summed E-state index contributed by atoms with van der Waals surface area (Å²) in [5.74, 6) is 1.89. The molecular formula is C28H27ClN4O2S. The van der Waals surface area contributed by atoms with Gasteiger partial charge in [0.1, 0.15) is 5.75 Å². The first-order valence-corrected chi connectivity index (χ1v) is 12.8. The predicted molar refractivity (Wildman–Crippen MR) is 146 cm³/mol. The highest BCUT2D eigenvalue weighted by Gasteiger charge is 2.22. The molecule has 1 amide bonds. The number of amides is 1. The Morgan fingerprint density at radius 1 is 1.11 bits per heavy atom. The summed E-state index contributed by atoms with van der Waals surface area (Å²) in [6.45, 7) is 3.91. The van der Waals surface area contributed by atoms with Crippen LogP contribution in [0.25, 0.3) is 11.8 Å². The molecule has 8 heteroatoms. The first kappa shape index (κ1) is 25.5. The molecule has 6 nitrogen and oxygen atoms in total. The Labute approximate surface area is 220 Å². The number of rotatable bonds is 9. The highest BCUT2D eigenvalue weighted by molar-refractivity contribution is 7.98. The van der Waals surface area contributed by atoms with Crippen LogP contribution in [0.1, 0.15) is 35.5 Å². The van der Waals surface area contributed by atoms with E-state index in [1.54, 1.807) is 24.9 Å². The Balaban J connectivity index is 1.60. The van der Waals surface area contributed by atoms with E-state index >= 15 is 0 Å². The third-order valence-corrected chi connectivity index (χ3v) is 6.78. The minimum absolute atomic E-state index is 0.214. The maximum absolute atomic E-state index is 12.7. The molecule has 0 saturated heterocycles. The first-order chi connectivity index (χ1) is 17.4. The van der Waals surface area contributed by atoms with Crippen molar-refractivity contribution < 1.29 is 9.53 Å². The Bertz CT molecular complexity index is 1370. The van der Waals surface area contributed by atoms with Crippen LogP contribution >= 0.6 is 23.4 Å². The molecule has 4 rings (SSSR count). The van der Waals surface area contributed by atoms with Crippen LogP contribution < -0.4 is 10.1 Å². The lowest BCUT2D eigenvalue weighted by atomic mass is 10.2. The van der Waals surface area contributed by atoms with Crippen molar-refractivity contribution in [1.82, 2.24) is 20.1 Å². The summed E-state index contributed by atoms with van der Waals surface area (Å²) in [6.07, 6.45) is 3.30. The number of carbonyl (C=O) groups is 1. The number of aromatic nitrogens is 3. The number of benzene rings is 3. The molecule has 0 fully saturated rings. The van der Waals surface area contributed by atoms with E-state index in [1.165, 1.54) is 6.08 Å². The van der Waals surface area contributed by atoms with Crippen LogP contribution in [0.4, 0.5) is 0 Å². The van der Waals surface area contributed by atoms with Crippen LogP contribution in [0, 0.1) is 6.92 Å². The van der Waals surface area contributed by atoms with Gasteiger partial charge in [0.25, 0.3) is 0 Å². The van der Waals surface area contributed by atoms with E-state index in [-0.39, 0.29) is 5.91 Å². The summed E-state index contributed by atoms with van der Waals surface area (Å²) in [7, 11) is 1.65. The van der Waals surface area contributed by atoms with Crippen molar-refractivity contribution in [2.45, 2.75) is 30.8 Å². The van der Waals surface area contributed by atoms with E-state index in [9.17, 15) is 4.79 Å². The highest BCUT2D eigenvalue weighted by Crippen LogP contribution is 2.31. The van der Waals surface area contributed by atoms with Crippen molar-refractivity contribution in [3.63, 3.8) is 0 Å². The smallest absolute Gasteiger partial charge is 0.244 e. The predicted octanol–water partition coefficient (Wildman–Crippen LogP) is 6.42. The van der Waals surface area contributed by atoms with E-state index in [2.05, 4.69) is 15.5 Å². The van der Waals surface area contributed by atoms with Crippen molar-refractivity contribution in [1.29, 1.82) is 0 Å². The molecule has 1 atom stereocenters. The number of nitrogens with one attached hydrogen (secondary N) is 1. The van der Waals surface area contributed by atoms with E-state index < -0.39 is 6.04 Å². The zero-order valence-corrected chi connectivity index (χ0v) is 21.9. The lowest BCUT2D eigenvalue weighted by molar-refractivity contribution is -0.117. The number of halogens is 1. The van der Waals surface area contributed by atoms with Crippen LogP contribution in [-0.4, -0.2) is 27.8 Å². The van der Waals surface area contributed by atoms with Gasteiger partial charge in [-0.3, -0.25) is 9.36 Å². The highest BCUT2D eigenvalue weighted by atomic mass is 35.5. The first-order valence-electron chi connectivity index (χ1n) is 11.5. The molecule has 0 bridgehead atoms. The zero-order chi connectivity index (χ0) is 25.5. The molecule has 0 aliphatic rings. The number of aryl methyl sites for hydroxylation is 1. The largest absolute Gasteiger partial charge is 0.497 e. The molecule has 1 unspecified atom stereocenters. The maximum Gasteiger partial charge on any atom is 0.244 e. The van der Waals surface area contributed by atoms with Gasteiger partial charge in [-0.2, -0.15) is 0 Å². The third-order valence-electron chi connectivity index (χ3n) is 5.55. The molecule has 0 saturated carbocycles. The molecule has 3 aromatic carbocycles. The average Bonchev–Trinajstić information content (AvgIpc) is 3.32. The Hall–Kier alpha value is -3.55. The molecule has 0 aliphatic carbocycles. The number of nitrogens with zero attached hydrogens (tertiary/aromatic N) is 3. The number of carbonyl (C=O) groups excluding carboxylic acids is 1. The summed E-state index contributed by atoms with van der Waals surface area (Å²) in [5, 5.41) is 13.3. The minimum atomic E-state index is -0.394.